The Morgan fingerprint density at radius 2 is 1.94 bits per heavy atom. The van der Waals surface area contributed by atoms with Gasteiger partial charge in [0.2, 0.25) is 0 Å². The van der Waals surface area contributed by atoms with Crippen molar-refractivity contribution < 1.29 is 14.3 Å². The minimum absolute atomic E-state index is 0.279. The second-order valence-corrected chi connectivity index (χ2v) is 7.89. The number of imidazole rings is 1. The molecule has 1 unspecified atom stereocenters. The van der Waals surface area contributed by atoms with Gasteiger partial charge in [-0.3, -0.25) is 0 Å². The van der Waals surface area contributed by atoms with Crippen LogP contribution >= 0.6 is 0 Å². The molecule has 2 aliphatic rings. The summed E-state index contributed by atoms with van der Waals surface area (Å²) in [5.41, 5.74) is 3.84. The number of halogens is 1. The summed E-state index contributed by atoms with van der Waals surface area (Å²) in [5.74, 6) is 0.394. The Labute approximate surface area is 179 Å². The fourth-order valence-corrected chi connectivity index (χ4v) is 4.29. The zero-order valence-corrected chi connectivity index (χ0v) is 17.2. The summed E-state index contributed by atoms with van der Waals surface area (Å²) < 4.78 is 15.4. The van der Waals surface area contributed by atoms with Crippen LogP contribution in [0.15, 0.2) is 71.8 Å². The van der Waals surface area contributed by atoms with Crippen molar-refractivity contribution in [2.75, 3.05) is 13.2 Å². The van der Waals surface area contributed by atoms with Crippen molar-refractivity contribution in [1.29, 1.82) is 0 Å². The zero-order valence-electron chi connectivity index (χ0n) is 17.2. The van der Waals surface area contributed by atoms with Gasteiger partial charge >= 0.3 is 0 Å². The molecule has 7 heteroatoms. The average Bonchev–Trinajstić information content (AvgIpc) is 3.40. The first-order valence-corrected chi connectivity index (χ1v) is 10.3. The quantitative estimate of drug-likeness (QED) is 0.698. The fraction of sp³-hybridized carbons (Fsp3) is 0.250. The van der Waals surface area contributed by atoms with Crippen LogP contribution in [0.2, 0.25) is 0 Å². The molecule has 0 saturated carbocycles. The lowest BCUT2D eigenvalue weighted by molar-refractivity contribution is -0.137. The van der Waals surface area contributed by atoms with Gasteiger partial charge in [0, 0.05) is 19.2 Å². The summed E-state index contributed by atoms with van der Waals surface area (Å²) in [6.45, 7) is 0.422. The Balaban J connectivity index is 1.43. The van der Waals surface area contributed by atoms with Gasteiger partial charge in [-0.2, -0.15) is 0 Å². The lowest BCUT2D eigenvalue weighted by Gasteiger charge is -2.38. The number of hydrogen-bond acceptors (Lipinski definition) is 5. The Kier molecular flexibility index (Phi) is 4.82. The molecule has 3 aromatic rings. The highest BCUT2D eigenvalue weighted by molar-refractivity contribution is 6.03. The van der Waals surface area contributed by atoms with Crippen molar-refractivity contribution in [2.24, 2.45) is 12.2 Å². The minimum atomic E-state index is -1.12. The number of benzene rings is 2. The van der Waals surface area contributed by atoms with E-state index < -0.39 is 5.72 Å². The molecule has 1 saturated heterocycles. The Hall–Kier alpha value is -3.45. The van der Waals surface area contributed by atoms with E-state index in [1.165, 1.54) is 12.1 Å². The number of aliphatic hydroxyl groups excluding tert-OH is 1. The second-order valence-electron chi connectivity index (χ2n) is 7.89. The molecule has 158 valence electrons. The van der Waals surface area contributed by atoms with Gasteiger partial charge in [-0.25, -0.2) is 9.37 Å². The standard InChI is InChI=1S/C24H23FN4O2/c1-28-16-26-14-22(28)18-6-4-17(5-7-18)13-19-3-2-12-29-23(19)27-31-24(29,15-30)20-8-10-21(25)11-9-20/h4-11,13-14,16,30H,2-3,12,15H2,1H3/b19-13+. The van der Waals surface area contributed by atoms with Crippen LogP contribution in [0.1, 0.15) is 24.0 Å². The van der Waals surface area contributed by atoms with Crippen LogP contribution in [0, 0.1) is 5.82 Å². The van der Waals surface area contributed by atoms with Crippen LogP contribution in [0.5, 0.6) is 0 Å². The van der Waals surface area contributed by atoms with Gasteiger partial charge in [0.1, 0.15) is 12.4 Å². The van der Waals surface area contributed by atoms with Crippen molar-refractivity contribution in [3.8, 4) is 11.3 Å². The van der Waals surface area contributed by atoms with Gasteiger partial charge in [-0.1, -0.05) is 29.4 Å². The van der Waals surface area contributed by atoms with Crippen LogP contribution in [-0.4, -0.2) is 38.5 Å². The Morgan fingerprint density at radius 3 is 2.61 bits per heavy atom. The first-order valence-electron chi connectivity index (χ1n) is 10.3. The molecule has 1 fully saturated rings. The second kappa shape index (κ2) is 7.67. The number of piperidine rings is 1. The smallest absolute Gasteiger partial charge is 0.260 e. The van der Waals surface area contributed by atoms with Crippen LogP contribution in [0.25, 0.3) is 17.3 Å². The van der Waals surface area contributed by atoms with E-state index in [-0.39, 0.29) is 12.4 Å². The summed E-state index contributed by atoms with van der Waals surface area (Å²) >= 11 is 0. The van der Waals surface area contributed by atoms with Gasteiger partial charge in [0.15, 0.2) is 5.84 Å². The van der Waals surface area contributed by atoms with Gasteiger partial charge in [0.25, 0.3) is 5.72 Å². The summed E-state index contributed by atoms with van der Waals surface area (Å²) in [5, 5.41) is 14.6. The molecule has 1 atom stereocenters. The first kappa shape index (κ1) is 19.5. The van der Waals surface area contributed by atoms with Crippen LogP contribution < -0.4 is 0 Å². The molecule has 3 heterocycles. The number of aryl methyl sites for hydroxylation is 1. The molecule has 0 bridgehead atoms. The fourth-order valence-electron chi connectivity index (χ4n) is 4.29. The maximum atomic E-state index is 13.4. The van der Waals surface area contributed by atoms with E-state index in [0.717, 1.165) is 41.1 Å². The average molecular weight is 418 g/mol. The molecule has 0 aliphatic carbocycles. The predicted molar refractivity (Wildman–Crippen MR) is 116 cm³/mol. The Morgan fingerprint density at radius 1 is 1.16 bits per heavy atom. The molecule has 6 nitrogen and oxygen atoms in total. The Bertz CT molecular complexity index is 1150. The molecule has 0 amide bonds. The predicted octanol–water partition coefficient (Wildman–Crippen LogP) is 3.89. The molecular weight excluding hydrogens is 395 g/mol. The normalized spacial score (nSPS) is 21.7. The largest absolute Gasteiger partial charge is 0.390 e. The van der Waals surface area contributed by atoms with E-state index in [1.807, 2.05) is 22.7 Å². The molecule has 0 radical (unpaired) electrons. The zero-order chi connectivity index (χ0) is 21.4. The third kappa shape index (κ3) is 3.31. The SMILES string of the molecule is Cn1cncc1-c1ccc(/C=C2\CCCN3C2=NOC3(CO)c2ccc(F)cc2)cc1. The number of rotatable bonds is 4. The van der Waals surface area contributed by atoms with Crippen LogP contribution in [0.4, 0.5) is 4.39 Å². The van der Waals surface area contributed by atoms with Crippen molar-refractivity contribution in [2.45, 2.75) is 18.6 Å². The van der Waals surface area contributed by atoms with Crippen molar-refractivity contribution in [1.82, 2.24) is 14.5 Å². The molecule has 5 rings (SSSR count). The van der Waals surface area contributed by atoms with E-state index in [9.17, 15) is 9.50 Å². The number of nitrogens with zero attached hydrogens (tertiary/aromatic N) is 4. The molecule has 31 heavy (non-hydrogen) atoms. The molecule has 2 aliphatic heterocycles. The number of aliphatic hydroxyl groups is 1. The van der Waals surface area contributed by atoms with Gasteiger partial charge in [-0.15, -0.1) is 0 Å². The summed E-state index contributed by atoms with van der Waals surface area (Å²) in [6.07, 6.45) is 7.52. The maximum Gasteiger partial charge on any atom is 0.260 e. The molecule has 1 N–H and O–H groups in total. The number of aromatic nitrogens is 2. The number of oxime groups is 1. The van der Waals surface area contributed by atoms with E-state index in [1.54, 1.807) is 18.5 Å². The monoisotopic (exact) mass is 418 g/mol. The number of hydrogen-bond donors (Lipinski definition) is 1. The van der Waals surface area contributed by atoms with Crippen molar-refractivity contribution in [3.63, 3.8) is 0 Å². The van der Waals surface area contributed by atoms with Crippen molar-refractivity contribution in [3.05, 3.63) is 83.6 Å². The summed E-state index contributed by atoms with van der Waals surface area (Å²) in [7, 11) is 1.97. The number of fused-ring (bicyclic) bond motifs is 1. The third-order valence-corrected chi connectivity index (χ3v) is 5.96. The van der Waals surface area contributed by atoms with E-state index in [2.05, 4.69) is 40.5 Å². The maximum absolute atomic E-state index is 13.4. The first-order chi connectivity index (χ1) is 15.1. The van der Waals surface area contributed by atoms with Gasteiger partial charge < -0.3 is 19.4 Å². The van der Waals surface area contributed by atoms with Gasteiger partial charge in [-0.05, 0) is 59.9 Å². The summed E-state index contributed by atoms with van der Waals surface area (Å²) in [4.78, 5) is 12.0. The lowest BCUT2D eigenvalue weighted by atomic mass is 9.94. The van der Waals surface area contributed by atoms with Crippen LogP contribution in [-0.2, 0) is 17.6 Å². The van der Waals surface area contributed by atoms with Gasteiger partial charge in [0.05, 0.1) is 18.2 Å². The van der Waals surface area contributed by atoms with E-state index in [0.29, 0.717) is 12.1 Å². The molecule has 2 aromatic carbocycles. The highest BCUT2D eigenvalue weighted by atomic mass is 19.1. The molecule has 0 spiro atoms. The third-order valence-electron chi connectivity index (χ3n) is 5.96. The molecular formula is C24H23FN4O2. The van der Waals surface area contributed by atoms with E-state index in [4.69, 9.17) is 4.84 Å². The minimum Gasteiger partial charge on any atom is -0.390 e. The van der Waals surface area contributed by atoms with Crippen molar-refractivity contribution >= 4 is 11.9 Å². The highest BCUT2D eigenvalue weighted by Gasteiger charge is 2.49. The lowest BCUT2D eigenvalue weighted by Crippen LogP contribution is -2.51. The molecule has 1 aromatic heterocycles. The van der Waals surface area contributed by atoms with Crippen LogP contribution in [0.3, 0.4) is 0 Å². The highest BCUT2D eigenvalue weighted by Crippen LogP contribution is 2.40. The number of amidine groups is 1. The van der Waals surface area contributed by atoms with E-state index >= 15 is 0 Å². The topological polar surface area (TPSA) is 62.9 Å². The summed E-state index contributed by atoms with van der Waals surface area (Å²) in [6, 6.07) is 14.3.